The van der Waals surface area contributed by atoms with Crippen molar-refractivity contribution in [2.24, 2.45) is 5.92 Å². The van der Waals surface area contributed by atoms with E-state index in [4.69, 9.17) is 0 Å². The minimum atomic E-state index is -0.139. The number of benzene rings is 1. The van der Waals surface area contributed by atoms with E-state index in [1.807, 2.05) is 6.07 Å². The molecular formula is C13H19BrFN. The Bertz CT molecular complexity index is 326. The molecular weight excluding hydrogens is 269 g/mol. The third-order valence-corrected chi connectivity index (χ3v) is 2.95. The minimum absolute atomic E-state index is 0.139. The van der Waals surface area contributed by atoms with E-state index in [1.165, 1.54) is 12.5 Å². The molecule has 0 unspecified atom stereocenters. The van der Waals surface area contributed by atoms with Crippen molar-refractivity contribution in [2.75, 3.05) is 6.54 Å². The smallest absolute Gasteiger partial charge is 0.127 e. The molecule has 90 valence electrons. The average molecular weight is 288 g/mol. The lowest BCUT2D eigenvalue weighted by molar-refractivity contribution is 0.521. The first-order valence-electron chi connectivity index (χ1n) is 5.74. The second kappa shape index (κ2) is 7.02. The molecule has 0 aromatic heterocycles. The fourth-order valence-electron chi connectivity index (χ4n) is 1.54. The maximum Gasteiger partial charge on any atom is 0.127 e. The van der Waals surface area contributed by atoms with Gasteiger partial charge in [0.25, 0.3) is 0 Å². The Morgan fingerprint density at radius 3 is 2.81 bits per heavy atom. The number of rotatable bonds is 6. The van der Waals surface area contributed by atoms with Gasteiger partial charge >= 0.3 is 0 Å². The number of halogens is 2. The fourth-order valence-corrected chi connectivity index (χ4v) is 1.95. The zero-order chi connectivity index (χ0) is 12.0. The Hall–Kier alpha value is -0.410. The first-order chi connectivity index (χ1) is 7.59. The van der Waals surface area contributed by atoms with E-state index in [-0.39, 0.29) is 5.82 Å². The van der Waals surface area contributed by atoms with E-state index in [0.29, 0.717) is 6.54 Å². The van der Waals surface area contributed by atoms with Crippen LogP contribution < -0.4 is 5.32 Å². The van der Waals surface area contributed by atoms with Crippen molar-refractivity contribution < 1.29 is 4.39 Å². The van der Waals surface area contributed by atoms with Crippen LogP contribution in [0.4, 0.5) is 4.39 Å². The summed E-state index contributed by atoms with van der Waals surface area (Å²) in [6.45, 7) is 5.98. The molecule has 0 amide bonds. The summed E-state index contributed by atoms with van der Waals surface area (Å²) >= 11 is 3.34. The highest BCUT2D eigenvalue weighted by Crippen LogP contribution is 2.15. The predicted octanol–water partition coefficient (Wildman–Crippen LogP) is 4.11. The van der Waals surface area contributed by atoms with Gasteiger partial charge < -0.3 is 5.32 Å². The molecule has 1 rings (SSSR count). The second-order valence-corrected chi connectivity index (χ2v) is 5.36. The van der Waals surface area contributed by atoms with Crippen molar-refractivity contribution in [2.45, 2.75) is 33.2 Å². The predicted molar refractivity (Wildman–Crippen MR) is 69.9 cm³/mol. The van der Waals surface area contributed by atoms with Gasteiger partial charge in [-0.2, -0.15) is 0 Å². The Balaban J connectivity index is 2.29. The molecule has 0 radical (unpaired) electrons. The standard InChI is InChI=1S/C13H19BrFN/c1-10(2)4-3-7-16-9-11-8-12(14)5-6-13(11)15/h5-6,8,10,16H,3-4,7,9H2,1-2H3. The van der Waals surface area contributed by atoms with E-state index in [1.54, 1.807) is 6.07 Å². The van der Waals surface area contributed by atoms with Gasteiger partial charge in [0.1, 0.15) is 5.82 Å². The summed E-state index contributed by atoms with van der Waals surface area (Å²) in [6, 6.07) is 5.04. The van der Waals surface area contributed by atoms with Gasteiger partial charge in [-0.05, 0) is 43.5 Å². The lowest BCUT2D eigenvalue weighted by Gasteiger charge is -2.07. The van der Waals surface area contributed by atoms with Gasteiger partial charge in [0.2, 0.25) is 0 Å². The highest BCUT2D eigenvalue weighted by Gasteiger charge is 2.02. The molecule has 0 aliphatic heterocycles. The van der Waals surface area contributed by atoms with Crippen LogP contribution in [0.15, 0.2) is 22.7 Å². The summed E-state index contributed by atoms with van der Waals surface area (Å²) in [4.78, 5) is 0. The number of hydrogen-bond acceptors (Lipinski definition) is 1. The maximum atomic E-state index is 13.3. The van der Waals surface area contributed by atoms with Crippen molar-refractivity contribution in [3.63, 3.8) is 0 Å². The van der Waals surface area contributed by atoms with Crippen molar-refractivity contribution in [1.82, 2.24) is 5.32 Å². The maximum absolute atomic E-state index is 13.3. The van der Waals surface area contributed by atoms with Gasteiger partial charge in [-0.15, -0.1) is 0 Å². The largest absolute Gasteiger partial charge is 0.313 e. The number of nitrogens with one attached hydrogen (secondary N) is 1. The van der Waals surface area contributed by atoms with Crippen molar-refractivity contribution in [1.29, 1.82) is 0 Å². The Morgan fingerprint density at radius 2 is 2.12 bits per heavy atom. The van der Waals surface area contributed by atoms with Crippen LogP contribution >= 0.6 is 15.9 Å². The summed E-state index contributed by atoms with van der Waals surface area (Å²) in [7, 11) is 0. The quantitative estimate of drug-likeness (QED) is 0.777. The molecule has 0 saturated carbocycles. The first-order valence-corrected chi connectivity index (χ1v) is 6.53. The first kappa shape index (κ1) is 13.7. The molecule has 1 N–H and O–H groups in total. The van der Waals surface area contributed by atoms with Crippen LogP contribution in [0.3, 0.4) is 0 Å². The Morgan fingerprint density at radius 1 is 1.38 bits per heavy atom. The SMILES string of the molecule is CC(C)CCCNCc1cc(Br)ccc1F. The molecule has 0 spiro atoms. The molecule has 0 aliphatic rings. The molecule has 0 fully saturated rings. The summed E-state index contributed by atoms with van der Waals surface area (Å²) in [5, 5.41) is 3.26. The summed E-state index contributed by atoms with van der Waals surface area (Å²) in [6.07, 6.45) is 2.36. The highest BCUT2D eigenvalue weighted by atomic mass is 79.9. The Kier molecular flexibility index (Phi) is 5.99. The molecule has 1 aromatic carbocycles. The molecule has 1 aromatic rings. The van der Waals surface area contributed by atoms with Crippen LogP contribution in [0.2, 0.25) is 0 Å². The molecule has 0 atom stereocenters. The van der Waals surface area contributed by atoms with Gasteiger partial charge in [-0.3, -0.25) is 0 Å². The van der Waals surface area contributed by atoms with Gasteiger partial charge in [0.15, 0.2) is 0 Å². The van der Waals surface area contributed by atoms with Gasteiger partial charge in [0.05, 0.1) is 0 Å². The van der Waals surface area contributed by atoms with Crippen LogP contribution in [-0.2, 0) is 6.54 Å². The average Bonchev–Trinajstić information content (AvgIpc) is 2.22. The summed E-state index contributed by atoms with van der Waals surface area (Å²) < 4.78 is 14.3. The number of hydrogen-bond donors (Lipinski definition) is 1. The normalized spacial score (nSPS) is 11.1. The van der Waals surface area contributed by atoms with E-state index in [2.05, 4.69) is 35.1 Å². The van der Waals surface area contributed by atoms with Crippen molar-refractivity contribution >= 4 is 15.9 Å². The molecule has 0 heterocycles. The molecule has 0 bridgehead atoms. The monoisotopic (exact) mass is 287 g/mol. The van der Waals surface area contributed by atoms with Gasteiger partial charge in [0, 0.05) is 16.6 Å². The topological polar surface area (TPSA) is 12.0 Å². The zero-order valence-corrected chi connectivity index (χ0v) is 11.5. The molecule has 0 aliphatic carbocycles. The fraction of sp³-hybridized carbons (Fsp3) is 0.538. The lowest BCUT2D eigenvalue weighted by Crippen LogP contribution is -2.16. The van der Waals surface area contributed by atoms with Crippen LogP contribution in [-0.4, -0.2) is 6.54 Å². The molecule has 1 nitrogen and oxygen atoms in total. The third kappa shape index (κ3) is 5.08. The van der Waals surface area contributed by atoms with Gasteiger partial charge in [-0.25, -0.2) is 4.39 Å². The van der Waals surface area contributed by atoms with Crippen LogP contribution in [0.5, 0.6) is 0 Å². The van der Waals surface area contributed by atoms with Crippen LogP contribution in [0.25, 0.3) is 0 Å². The van der Waals surface area contributed by atoms with Crippen molar-refractivity contribution in [3.8, 4) is 0 Å². The third-order valence-electron chi connectivity index (χ3n) is 2.46. The van der Waals surface area contributed by atoms with Gasteiger partial charge in [-0.1, -0.05) is 29.8 Å². The lowest BCUT2D eigenvalue weighted by atomic mass is 10.1. The Labute approximate surface area is 106 Å². The summed E-state index contributed by atoms with van der Waals surface area (Å²) in [5.74, 6) is 0.601. The highest BCUT2D eigenvalue weighted by molar-refractivity contribution is 9.10. The molecule has 16 heavy (non-hydrogen) atoms. The van der Waals surface area contributed by atoms with E-state index < -0.39 is 0 Å². The van der Waals surface area contributed by atoms with Crippen LogP contribution in [0.1, 0.15) is 32.3 Å². The molecule has 0 saturated heterocycles. The summed E-state index contributed by atoms with van der Waals surface area (Å²) in [5.41, 5.74) is 0.721. The van der Waals surface area contributed by atoms with Crippen LogP contribution in [0, 0.1) is 11.7 Å². The minimum Gasteiger partial charge on any atom is -0.313 e. The van der Waals surface area contributed by atoms with E-state index >= 15 is 0 Å². The van der Waals surface area contributed by atoms with E-state index in [9.17, 15) is 4.39 Å². The molecule has 3 heteroatoms. The van der Waals surface area contributed by atoms with E-state index in [0.717, 1.165) is 28.9 Å². The van der Waals surface area contributed by atoms with Crippen molar-refractivity contribution in [3.05, 3.63) is 34.1 Å². The second-order valence-electron chi connectivity index (χ2n) is 4.45. The zero-order valence-electron chi connectivity index (χ0n) is 9.89.